The third kappa shape index (κ3) is 2.31. The summed E-state index contributed by atoms with van der Waals surface area (Å²) in [7, 11) is 0. The molecule has 3 fully saturated rings. The Bertz CT molecular complexity index is 1170. The number of hydrogen-bond donors (Lipinski definition) is 3. The summed E-state index contributed by atoms with van der Waals surface area (Å²) in [6, 6.07) is -0.887. The predicted molar refractivity (Wildman–Crippen MR) is 104 cm³/mol. The second-order valence-corrected chi connectivity index (χ2v) is 8.74. The fraction of sp³-hybridized carbons (Fsp3) is 0.500. The van der Waals surface area contributed by atoms with Gasteiger partial charge in [-0.25, -0.2) is 18.0 Å². The first kappa shape index (κ1) is 19.2. The molecule has 1 aromatic carbocycles. The predicted octanol–water partition coefficient (Wildman–Crippen LogP) is 2.02. The number of halogens is 3. The summed E-state index contributed by atoms with van der Waals surface area (Å²) in [5, 5.41) is 8.76. The number of nitrogens with zero attached hydrogens (tertiary/aromatic N) is 2. The van der Waals surface area contributed by atoms with Crippen molar-refractivity contribution in [3.05, 3.63) is 33.6 Å². The lowest BCUT2D eigenvalue weighted by atomic mass is 10.0. The summed E-state index contributed by atoms with van der Waals surface area (Å²) in [6.45, 7) is 2.71. The molecule has 1 saturated heterocycles. The van der Waals surface area contributed by atoms with Crippen molar-refractivity contribution in [2.24, 2.45) is 17.1 Å². The van der Waals surface area contributed by atoms with Crippen LogP contribution in [0.25, 0.3) is 10.9 Å². The summed E-state index contributed by atoms with van der Waals surface area (Å²) >= 11 is 0. The van der Waals surface area contributed by atoms with Gasteiger partial charge in [0.25, 0.3) is 0 Å². The largest absolute Gasteiger partial charge is 0.477 e. The second kappa shape index (κ2) is 5.90. The molecule has 10 heteroatoms. The molecule has 2 aliphatic carbocycles. The SMILES string of the molecule is CC1C(N)C12CCN(c1c(F)c(N)c3c(=O)c(C(=O)O)cn([C@@H]4C[C@@H]4F)c3c1F)C2. The highest BCUT2D eigenvalue weighted by Crippen LogP contribution is 2.58. The number of anilines is 2. The molecule has 5 rings (SSSR count). The van der Waals surface area contributed by atoms with Gasteiger partial charge < -0.3 is 26.0 Å². The molecule has 160 valence electrons. The minimum Gasteiger partial charge on any atom is -0.477 e. The van der Waals surface area contributed by atoms with Crippen molar-refractivity contribution in [1.82, 2.24) is 4.57 Å². The Labute approximate surface area is 169 Å². The fourth-order valence-corrected chi connectivity index (χ4v) is 5.11. The summed E-state index contributed by atoms with van der Waals surface area (Å²) < 4.78 is 45.9. The highest BCUT2D eigenvalue weighted by atomic mass is 19.1. The number of carboxylic acid groups (broad SMARTS) is 1. The van der Waals surface area contributed by atoms with Crippen molar-refractivity contribution in [2.45, 2.75) is 38.0 Å². The zero-order chi connectivity index (χ0) is 21.7. The van der Waals surface area contributed by atoms with Crippen LogP contribution < -0.4 is 21.8 Å². The first-order chi connectivity index (χ1) is 14.1. The maximum Gasteiger partial charge on any atom is 0.341 e. The van der Waals surface area contributed by atoms with Crippen LogP contribution in [0.4, 0.5) is 24.5 Å². The average Bonchev–Trinajstić information content (AvgIpc) is 3.44. The lowest BCUT2D eigenvalue weighted by Crippen LogP contribution is -2.27. The topological polar surface area (TPSA) is 115 Å². The standard InChI is InChI=1S/C20H21F3N4O3/c1-7-18(25)20(7)2-3-26(6-20)16-12(22)14(24)11-15(13(16)23)27(10-4-9(10)21)5-8(17(11)28)19(29)30/h5,7,9-10,18H,2-4,6,24-25H2,1H3,(H,29,30)/t7?,9-,10+,18?,20?/m0/s1. The van der Waals surface area contributed by atoms with Crippen LogP contribution in [0.3, 0.4) is 0 Å². The van der Waals surface area contributed by atoms with E-state index in [0.717, 1.165) is 10.8 Å². The van der Waals surface area contributed by atoms with Crippen molar-refractivity contribution in [3.63, 3.8) is 0 Å². The molecule has 30 heavy (non-hydrogen) atoms. The van der Waals surface area contributed by atoms with E-state index < -0.39 is 51.9 Å². The van der Waals surface area contributed by atoms with Gasteiger partial charge in [-0.1, -0.05) is 6.92 Å². The summed E-state index contributed by atoms with van der Waals surface area (Å²) in [5.74, 6) is -3.50. The van der Waals surface area contributed by atoms with E-state index in [-0.39, 0.29) is 35.0 Å². The minimum absolute atomic E-state index is 0.0439. The van der Waals surface area contributed by atoms with Crippen LogP contribution in [-0.2, 0) is 0 Å². The molecule has 2 heterocycles. The molecule has 0 radical (unpaired) electrons. The molecule has 1 spiro atoms. The monoisotopic (exact) mass is 422 g/mol. The first-order valence-electron chi connectivity index (χ1n) is 9.83. The van der Waals surface area contributed by atoms with Gasteiger partial charge in [0.2, 0.25) is 5.43 Å². The zero-order valence-electron chi connectivity index (χ0n) is 16.2. The maximum absolute atomic E-state index is 15.7. The number of pyridine rings is 1. The number of nitrogens with two attached hydrogens (primary N) is 2. The van der Waals surface area contributed by atoms with E-state index in [1.54, 1.807) is 0 Å². The third-order valence-corrected chi connectivity index (χ3v) is 7.28. The second-order valence-electron chi connectivity index (χ2n) is 8.74. The number of rotatable bonds is 3. The van der Waals surface area contributed by atoms with E-state index in [4.69, 9.17) is 11.5 Å². The van der Waals surface area contributed by atoms with Gasteiger partial charge >= 0.3 is 5.97 Å². The molecule has 2 saturated carbocycles. The summed E-state index contributed by atoms with van der Waals surface area (Å²) in [5.41, 5.74) is 8.62. The summed E-state index contributed by atoms with van der Waals surface area (Å²) in [6.07, 6.45) is 0.326. The van der Waals surface area contributed by atoms with E-state index in [0.29, 0.717) is 19.5 Å². The average molecular weight is 422 g/mol. The number of aromatic carboxylic acids is 1. The summed E-state index contributed by atoms with van der Waals surface area (Å²) in [4.78, 5) is 25.7. The van der Waals surface area contributed by atoms with Gasteiger partial charge in [0, 0.05) is 37.2 Å². The number of carboxylic acids is 1. The number of carbonyl (C=O) groups is 1. The van der Waals surface area contributed by atoms with Crippen molar-refractivity contribution in [3.8, 4) is 0 Å². The highest BCUT2D eigenvalue weighted by molar-refractivity contribution is 5.99. The Morgan fingerprint density at radius 2 is 1.97 bits per heavy atom. The normalized spacial score (nSPS) is 32.2. The quantitative estimate of drug-likeness (QED) is 0.652. The Hall–Kier alpha value is -2.75. The molecule has 5 N–H and O–H groups in total. The number of nitrogen functional groups attached to an aromatic ring is 1. The van der Waals surface area contributed by atoms with Crippen LogP contribution in [0.1, 0.15) is 36.2 Å². The third-order valence-electron chi connectivity index (χ3n) is 7.28. The first-order valence-corrected chi connectivity index (χ1v) is 9.83. The van der Waals surface area contributed by atoms with Crippen LogP contribution in [0, 0.1) is 23.0 Å². The van der Waals surface area contributed by atoms with Gasteiger partial charge in [-0.15, -0.1) is 0 Å². The molecule has 7 nitrogen and oxygen atoms in total. The molecule has 3 unspecified atom stereocenters. The van der Waals surface area contributed by atoms with E-state index in [1.165, 1.54) is 4.90 Å². The van der Waals surface area contributed by atoms with Crippen molar-refractivity contribution in [2.75, 3.05) is 23.7 Å². The highest BCUT2D eigenvalue weighted by Gasteiger charge is 2.62. The number of hydrogen-bond acceptors (Lipinski definition) is 5. The van der Waals surface area contributed by atoms with E-state index in [9.17, 15) is 19.1 Å². The lowest BCUT2D eigenvalue weighted by molar-refractivity contribution is 0.0694. The molecular weight excluding hydrogens is 401 g/mol. The van der Waals surface area contributed by atoms with Crippen LogP contribution in [0.15, 0.2) is 11.0 Å². The molecule has 3 aliphatic rings. The van der Waals surface area contributed by atoms with Gasteiger partial charge in [-0.05, 0) is 12.3 Å². The number of aromatic nitrogens is 1. The van der Waals surface area contributed by atoms with E-state index in [1.807, 2.05) is 6.92 Å². The fourth-order valence-electron chi connectivity index (χ4n) is 5.11. The van der Waals surface area contributed by atoms with Gasteiger partial charge in [0.1, 0.15) is 17.4 Å². The van der Waals surface area contributed by atoms with Crippen molar-refractivity contribution < 1.29 is 23.1 Å². The van der Waals surface area contributed by atoms with Gasteiger partial charge in [-0.2, -0.15) is 0 Å². The molecule has 1 aromatic heterocycles. The Kier molecular flexibility index (Phi) is 3.78. The van der Waals surface area contributed by atoms with Crippen LogP contribution >= 0.6 is 0 Å². The van der Waals surface area contributed by atoms with Crippen LogP contribution in [0.5, 0.6) is 0 Å². The zero-order valence-corrected chi connectivity index (χ0v) is 16.2. The number of alkyl halides is 1. The van der Waals surface area contributed by atoms with Crippen LogP contribution in [0.2, 0.25) is 0 Å². The molecule has 2 aromatic rings. The Morgan fingerprint density at radius 1 is 1.33 bits per heavy atom. The Balaban J connectivity index is 1.76. The smallest absolute Gasteiger partial charge is 0.341 e. The molecule has 0 bridgehead atoms. The van der Waals surface area contributed by atoms with Gasteiger partial charge in [0.15, 0.2) is 11.6 Å². The van der Waals surface area contributed by atoms with Gasteiger partial charge in [0.05, 0.1) is 22.6 Å². The number of fused-ring (bicyclic) bond motifs is 1. The van der Waals surface area contributed by atoms with E-state index in [2.05, 4.69) is 0 Å². The van der Waals surface area contributed by atoms with Crippen molar-refractivity contribution in [1.29, 1.82) is 0 Å². The molecular formula is C20H21F3N4O3. The van der Waals surface area contributed by atoms with E-state index >= 15 is 8.78 Å². The van der Waals surface area contributed by atoms with Gasteiger partial charge in [-0.3, -0.25) is 4.79 Å². The molecule has 1 aliphatic heterocycles. The minimum atomic E-state index is -1.57. The maximum atomic E-state index is 15.7. The van der Waals surface area contributed by atoms with Crippen LogP contribution in [-0.4, -0.2) is 40.9 Å². The molecule has 5 atom stereocenters. The molecule has 0 amide bonds. The number of benzene rings is 1. The van der Waals surface area contributed by atoms with Crippen molar-refractivity contribution >= 4 is 28.2 Å². The lowest BCUT2D eigenvalue weighted by Gasteiger charge is -2.24. The Morgan fingerprint density at radius 3 is 2.47 bits per heavy atom.